The third kappa shape index (κ3) is 5.20. The van der Waals surface area contributed by atoms with Crippen LogP contribution in [-0.4, -0.2) is 43.2 Å². The topological polar surface area (TPSA) is 122 Å². The SMILES string of the molecule is CCNc1ccc(C(=O)Nc2cc(S(=O)(=O)N(CC)CC)cc(C)c2C)cc1[N+](=O)[O-]. The molecule has 31 heavy (non-hydrogen) atoms. The highest BCUT2D eigenvalue weighted by Crippen LogP contribution is 2.29. The third-order valence-electron chi connectivity index (χ3n) is 5.06. The highest BCUT2D eigenvalue weighted by molar-refractivity contribution is 7.89. The summed E-state index contributed by atoms with van der Waals surface area (Å²) in [7, 11) is -3.71. The third-order valence-corrected chi connectivity index (χ3v) is 7.08. The Hall–Kier alpha value is -2.98. The van der Waals surface area contributed by atoms with E-state index in [9.17, 15) is 23.3 Å². The molecular weight excluding hydrogens is 420 g/mol. The molecule has 0 heterocycles. The average molecular weight is 449 g/mol. The molecule has 0 fully saturated rings. The van der Waals surface area contributed by atoms with Crippen LogP contribution in [-0.2, 0) is 10.0 Å². The first kappa shape index (κ1) is 24.3. The molecule has 2 N–H and O–H groups in total. The number of rotatable bonds is 9. The molecule has 168 valence electrons. The van der Waals surface area contributed by atoms with Gasteiger partial charge in [0.25, 0.3) is 11.6 Å². The summed E-state index contributed by atoms with van der Waals surface area (Å²) in [6.07, 6.45) is 0. The Morgan fingerprint density at radius 1 is 1.06 bits per heavy atom. The summed E-state index contributed by atoms with van der Waals surface area (Å²) < 4.78 is 27.2. The van der Waals surface area contributed by atoms with Gasteiger partial charge < -0.3 is 10.6 Å². The quantitative estimate of drug-likeness (QED) is 0.443. The minimum atomic E-state index is -3.71. The van der Waals surface area contributed by atoms with E-state index in [4.69, 9.17) is 0 Å². The van der Waals surface area contributed by atoms with Gasteiger partial charge in [-0.15, -0.1) is 0 Å². The van der Waals surface area contributed by atoms with Crippen molar-refractivity contribution in [2.45, 2.75) is 39.5 Å². The maximum Gasteiger partial charge on any atom is 0.293 e. The molecule has 9 nitrogen and oxygen atoms in total. The molecule has 0 radical (unpaired) electrons. The van der Waals surface area contributed by atoms with Gasteiger partial charge in [-0.2, -0.15) is 4.31 Å². The van der Waals surface area contributed by atoms with Crippen LogP contribution in [0.1, 0.15) is 42.3 Å². The molecule has 2 aromatic carbocycles. The summed E-state index contributed by atoms with van der Waals surface area (Å²) in [5.41, 5.74) is 1.97. The van der Waals surface area contributed by atoms with Crippen molar-refractivity contribution in [1.82, 2.24) is 4.31 Å². The smallest absolute Gasteiger partial charge is 0.293 e. The minimum Gasteiger partial charge on any atom is -0.380 e. The Bertz CT molecular complexity index is 1100. The first-order valence-corrected chi connectivity index (χ1v) is 11.5. The predicted molar refractivity (Wildman–Crippen MR) is 121 cm³/mol. The standard InChI is InChI=1S/C21H28N4O5S/c1-6-22-18-10-9-16(12-20(18)25(27)28)21(26)23-19-13-17(11-14(4)15(19)5)31(29,30)24(7-2)8-3/h9-13,22H,6-8H2,1-5H3,(H,23,26). The molecule has 0 bridgehead atoms. The fraction of sp³-hybridized carbons (Fsp3) is 0.381. The predicted octanol–water partition coefficient (Wildman–Crippen LogP) is 3.93. The Morgan fingerprint density at radius 2 is 1.71 bits per heavy atom. The van der Waals surface area contributed by atoms with Crippen molar-refractivity contribution in [3.05, 3.63) is 57.1 Å². The monoisotopic (exact) mass is 448 g/mol. The van der Waals surface area contributed by atoms with E-state index in [1.807, 2.05) is 6.92 Å². The van der Waals surface area contributed by atoms with Crippen LogP contribution in [0.25, 0.3) is 0 Å². The number of hydrogen-bond acceptors (Lipinski definition) is 6. The maximum atomic E-state index is 12.9. The first-order chi connectivity index (χ1) is 14.6. The number of benzene rings is 2. The van der Waals surface area contributed by atoms with E-state index in [0.717, 1.165) is 0 Å². The van der Waals surface area contributed by atoms with Gasteiger partial charge >= 0.3 is 0 Å². The number of nitro benzene ring substituents is 1. The molecule has 0 saturated heterocycles. The van der Waals surface area contributed by atoms with Crippen LogP contribution in [0.3, 0.4) is 0 Å². The number of amides is 1. The van der Waals surface area contributed by atoms with E-state index in [1.165, 1.54) is 28.6 Å². The molecule has 10 heteroatoms. The number of nitrogens with one attached hydrogen (secondary N) is 2. The van der Waals surface area contributed by atoms with Crippen molar-refractivity contribution in [3.8, 4) is 0 Å². The summed E-state index contributed by atoms with van der Waals surface area (Å²) in [5.74, 6) is -0.564. The number of hydrogen-bond donors (Lipinski definition) is 2. The fourth-order valence-electron chi connectivity index (χ4n) is 3.18. The van der Waals surface area contributed by atoms with Crippen LogP contribution >= 0.6 is 0 Å². The second-order valence-corrected chi connectivity index (χ2v) is 8.91. The highest BCUT2D eigenvalue weighted by atomic mass is 32.2. The van der Waals surface area contributed by atoms with Crippen molar-refractivity contribution < 1.29 is 18.1 Å². The summed E-state index contributed by atoms with van der Waals surface area (Å²) in [6, 6.07) is 7.17. The number of anilines is 2. The number of carbonyl (C=O) groups is 1. The van der Waals surface area contributed by atoms with Gasteiger partial charge in [0.05, 0.1) is 9.82 Å². The van der Waals surface area contributed by atoms with Crippen LogP contribution in [0.5, 0.6) is 0 Å². The van der Waals surface area contributed by atoms with Crippen LogP contribution in [0.15, 0.2) is 35.2 Å². The summed E-state index contributed by atoms with van der Waals surface area (Å²) >= 11 is 0. The number of carbonyl (C=O) groups excluding carboxylic acids is 1. The second kappa shape index (κ2) is 9.88. The van der Waals surface area contributed by atoms with Crippen LogP contribution in [0.2, 0.25) is 0 Å². The molecule has 1 amide bonds. The fourth-order valence-corrected chi connectivity index (χ4v) is 4.75. The van der Waals surface area contributed by atoms with Gasteiger partial charge in [-0.05, 0) is 56.2 Å². The summed E-state index contributed by atoms with van der Waals surface area (Å²) in [4.78, 5) is 23.7. The van der Waals surface area contributed by atoms with Gasteiger partial charge in [0.1, 0.15) is 5.69 Å². The first-order valence-electron chi connectivity index (χ1n) is 10.0. The molecule has 0 unspecified atom stereocenters. The van der Waals surface area contributed by atoms with E-state index in [1.54, 1.807) is 33.8 Å². The van der Waals surface area contributed by atoms with E-state index < -0.39 is 20.9 Å². The largest absolute Gasteiger partial charge is 0.380 e. The Morgan fingerprint density at radius 3 is 2.26 bits per heavy atom. The van der Waals surface area contributed by atoms with E-state index >= 15 is 0 Å². The number of nitro groups is 1. The van der Waals surface area contributed by atoms with Crippen LogP contribution in [0.4, 0.5) is 17.1 Å². The molecule has 0 saturated carbocycles. The second-order valence-electron chi connectivity index (χ2n) is 6.98. The highest BCUT2D eigenvalue weighted by Gasteiger charge is 2.24. The van der Waals surface area contributed by atoms with E-state index in [-0.39, 0.29) is 16.1 Å². The molecule has 0 aliphatic carbocycles. The van der Waals surface area contributed by atoms with Gasteiger partial charge in [0, 0.05) is 37.0 Å². The number of nitrogens with zero attached hydrogens (tertiary/aromatic N) is 2. The van der Waals surface area contributed by atoms with Gasteiger partial charge in [-0.3, -0.25) is 14.9 Å². The van der Waals surface area contributed by atoms with Crippen molar-refractivity contribution in [3.63, 3.8) is 0 Å². The molecule has 0 aromatic heterocycles. The lowest BCUT2D eigenvalue weighted by Gasteiger charge is -2.20. The molecule has 0 atom stereocenters. The lowest BCUT2D eigenvalue weighted by molar-refractivity contribution is -0.384. The van der Waals surface area contributed by atoms with Gasteiger partial charge in [0.15, 0.2) is 0 Å². The minimum absolute atomic E-state index is 0.0862. The number of aryl methyl sites for hydroxylation is 1. The van der Waals surface area contributed by atoms with Crippen molar-refractivity contribution in [2.24, 2.45) is 0 Å². The molecule has 0 spiro atoms. The van der Waals surface area contributed by atoms with Gasteiger partial charge in [-0.1, -0.05) is 13.8 Å². The zero-order chi connectivity index (χ0) is 23.3. The van der Waals surface area contributed by atoms with Crippen molar-refractivity contribution in [1.29, 1.82) is 0 Å². The Labute approximate surface area is 182 Å². The molecule has 0 aliphatic rings. The lowest BCUT2D eigenvalue weighted by atomic mass is 10.1. The number of sulfonamides is 1. The average Bonchev–Trinajstić information content (AvgIpc) is 2.72. The Balaban J connectivity index is 2.45. The normalized spacial score (nSPS) is 11.4. The maximum absolute atomic E-state index is 12.9. The van der Waals surface area contributed by atoms with Crippen molar-refractivity contribution in [2.75, 3.05) is 30.3 Å². The zero-order valence-corrected chi connectivity index (χ0v) is 19.2. The zero-order valence-electron chi connectivity index (χ0n) is 18.4. The molecule has 2 rings (SSSR count). The summed E-state index contributed by atoms with van der Waals surface area (Å²) in [6.45, 7) is 10.0. The lowest BCUT2D eigenvalue weighted by Crippen LogP contribution is -2.30. The van der Waals surface area contributed by atoms with E-state index in [2.05, 4.69) is 10.6 Å². The van der Waals surface area contributed by atoms with Gasteiger partial charge in [0.2, 0.25) is 10.0 Å². The van der Waals surface area contributed by atoms with E-state index in [0.29, 0.717) is 42.1 Å². The molecule has 2 aromatic rings. The van der Waals surface area contributed by atoms with Crippen LogP contribution < -0.4 is 10.6 Å². The van der Waals surface area contributed by atoms with Crippen LogP contribution in [0, 0.1) is 24.0 Å². The Kier molecular flexibility index (Phi) is 7.75. The molecule has 0 aliphatic heterocycles. The molecular formula is C21H28N4O5S. The van der Waals surface area contributed by atoms with Gasteiger partial charge in [-0.25, -0.2) is 8.42 Å². The summed E-state index contributed by atoms with van der Waals surface area (Å²) in [5, 5.41) is 17.0. The van der Waals surface area contributed by atoms with Crippen molar-refractivity contribution >= 4 is 33.0 Å².